The van der Waals surface area contributed by atoms with Crippen LogP contribution in [0, 0.1) is 29.1 Å². The van der Waals surface area contributed by atoms with Crippen LogP contribution in [0.2, 0.25) is 0 Å². The van der Waals surface area contributed by atoms with E-state index in [2.05, 4.69) is 102 Å². The van der Waals surface area contributed by atoms with Gasteiger partial charge in [-0.25, -0.2) is 0 Å². The van der Waals surface area contributed by atoms with Crippen molar-refractivity contribution in [1.29, 1.82) is 0 Å². The summed E-state index contributed by atoms with van der Waals surface area (Å²) < 4.78 is 0. The van der Waals surface area contributed by atoms with E-state index in [-0.39, 0.29) is 5.41 Å². The number of hydrogen-bond acceptors (Lipinski definition) is 0. The molecule has 0 radical (unpaired) electrons. The molecule has 1 nitrogen and oxygen atoms in total. The van der Waals surface area contributed by atoms with Gasteiger partial charge in [-0.05, 0) is 118 Å². The van der Waals surface area contributed by atoms with Gasteiger partial charge in [-0.3, -0.25) is 0 Å². The summed E-state index contributed by atoms with van der Waals surface area (Å²) in [6.07, 6.45) is 7.50. The van der Waals surface area contributed by atoms with Crippen molar-refractivity contribution in [3.63, 3.8) is 0 Å². The van der Waals surface area contributed by atoms with Crippen LogP contribution in [-0.4, -0.2) is 4.98 Å². The number of nitrogens with one attached hydrogen (secondary N) is 1. The van der Waals surface area contributed by atoms with Gasteiger partial charge in [0.1, 0.15) is 0 Å². The number of H-pyrrole nitrogens is 1. The number of rotatable bonds is 1. The Bertz CT molecular complexity index is 2070. The Morgan fingerprint density at radius 2 is 1.32 bits per heavy atom. The molecule has 1 heterocycles. The van der Waals surface area contributed by atoms with Gasteiger partial charge in [0.05, 0.1) is 5.52 Å². The minimum absolute atomic E-state index is 0.274. The summed E-state index contributed by atoms with van der Waals surface area (Å²) in [5.74, 6) is 3.69. The van der Waals surface area contributed by atoms with Crippen molar-refractivity contribution in [2.24, 2.45) is 29.1 Å². The lowest BCUT2D eigenvalue weighted by molar-refractivity contribution is -0.0820. The predicted molar refractivity (Wildman–Crippen MR) is 164 cm³/mol. The first-order valence-corrected chi connectivity index (χ1v) is 15.4. The summed E-state index contributed by atoms with van der Waals surface area (Å²) in [5, 5.41) is 5.21. The van der Waals surface area contributed by atoms with E-state index in [0.29, 0.717) is 5.41 Å². The van der Waals surface area contributed by atoms with Crippen molar-refractivity contribution in [3.05, 3.63) is 108 Å². The molecular weight excluding hydrogens is 482 g/mol. The molecule has 4 unspecified atom stereocenters. The second kappa shape index (κ2) is 6.72. The second-order valence-electron chi connectivity index (χ2n) is 14.0. The molecule has 1 heteroatoms. The SMILES string of the molecule is c1ccc2c(c1)-c1cc(-c3ccc4[nH]c5c6ccccc6ccc5c4c3)ccc1C21C2CC3CC4CC1C2(C3)C4. The van der Waals surface area contributed by atoms with Crippen LogP contribution >= 0.6 is 0 Å². The Hall–Kier alpha value is -3.84. The molecule has 1 aromatic heterocycles. The van der Waals surface area contributed by atoms with Gasteiger partial charge in [-0.2, -0.15) is 0 Å². The van der Waals surface area contributed by atoms with Crippen LogP contribution in [0.3, 0.4) is 0 Å². The van der Waals surface area contributed by atoms with Crippen LogP contribution in [0.25, 0.3) is 54.8 Å². The van der Waals surface area contributed by atoms with Crippen LogP contribution in [0.15, 0.2) is 97.1 Å². The van der Waals surface area contributed by atoms with Gasteiger partial charge in [-0.1, -0.05) is 78.9 Å². The largest absolute Gasteiger partial charge is 0.354 e. The summed E-state index contributed by atoms with van der Waals surface area (Å²) in [5.41, 5.74) is 12.4. The van der Waals surface area contributed by atoms with Gasteiger partial charge < -0.3 is 4.98 Å². The van der Waals surface area contributed by atoms with Crippen LogP contribution in [0.1, 0.15) is 43.2 Å². The van der Waals surface area contributed by atoms with E-state index in [4.69, 9.17) is 0 Å². The Balaban J connectivity index is 1.10. The molecule has 11 rings (SSSR count). The second-order valence-corrected chi connectivity index (χ2v) is 14.0. The number of benzene rings is 5. The zero-order valence-corrected chi connectivity index (χ0v) is 22.6. The third-order valence-corrected chi connectivity index (χ3v) is 12.6. The lowest BCUT2D eigenvalue weighted by Crippen LogP contribution is -2.62. The Morgan fingerprint density at radius 3 is 2.23 bits per heavy atom. The van der Waals surface area contributed by atoms with E-state index in [0.717, 1.165) is 23.7 Å². The molecule has 0 amide bonds. The van der Waals surface area contributed by atoms with Crippen molar-refractivity contribution in [2.45, 2.75) is 37.5 Å². The molecule has 4 atom stereocenters. The fourth-order valence-electron chi connectivity index (χ4n) is 11.6. The molecular formula is C39H31N. The Labute approximate surface area is 234 Å². The fourth-order valence-corrected chi connectivity index (χ4v) is 11.6. The molecule has 40 heavy (non-hydrogen) atoms. The summed E-state index contributed by atoms with van der Waals surface area (Å²) in [6, 6.07) is 37.3. The molecule has 0 saturated heterocycles. The highest BCUT2D eigenvalue weighted by atomic mass is 14.8. The smallest absolute Gasteiger partial charge is 0.0544 e. The van der Waals surface area contributed by atoms with Crippen molar-refractivity contribution in [2.75, 3.05) is 0 Å². The monoisotopic (exact) mass is 513 g/mol. The van der Waals surface area contributed by atoms with E-state index in [9.17, 15) is 0 Å². The molecule has 192 valence electrons. The Kier molecular flexibility index (Phi) is 3.52. The van der Waals surface area contributed by atoms with E-state index < -0.39 is 0 Å². The van der Waals surface area contributed by atoms with E-state index in [1.165, 1.54) is 86.9 Å². The van der Waals surface area contributed by atoms with Crippen LogP contribution in [0.5, 0.6) is 0 Å². The highest BCUT2D eigenvalue weighted by Gasteiger charge is 2.79. The minimum Gasteiger partial charge on any atom is -0.354 e. The van der Waals surface area contributed by atoms with Crippen molar-refractivity contribution >= 4 is 32.6 Å². The first-order valence-electron chi connectivity index (χ1n) is 15.4. The summed E-state index contributed by atoms with van der Waals surface area (Å²) in [4.78, 5) is 3.73. The minimum atomic E-state index is 0.274. The van der Waals surface area contributed by atoms with Gasteiger partial charge >= 0.3 is 0 Å². The van der Waals surface area contributed by atoms with Gasteiger partial charge in [-0.15, -0.1) is 0 Å². The maximum atomic E-state index is 3.73. The Morgan fingerprint density at radius 1 is 0.575 bits per heavy atom. The average molecular weight is 514 g/mol. The highest BCUT2D eigenvalue weighted by molar-refractivity contribution is 6.17. The third kappa shape index (κ3) is 2.18. The molecule has 3 bridgehead atoms. The molecule has 5 aliphatic rings. The summed E-state index contributed by atoms with van der Waals surface area (Å²) in [7, 11) is 0. The van der Waals surface area contributed by atoms with E-state index in [1.54, 1.807) is 11.1 Å². The van der Waals surface area contributed by atoms with Crippen LogP contribution in [0.4, 0.5) is 0 Å². The first-order chi connectivity index (χ1) is 19.7. The number of aromatic nitrogens is 1. The highest BCUT2D eigenvalue weighted by Crippen LogP contribution is 2.85. The summed E-state index contributed by atoms with van der Waals surface area (Å²) >= 11 is 0. The molecule has 5 aromatic carbocycles. The number of hydrogen-bond donors (Lipinski definition) is 1. The third-order valence-electron chi connectivity index (χ3n) is 12.6. The normalized spacial score (nSPS) is 32.2. The molecule has 5 aliphatic carbocycles. The van der Waals surface area contributed by atoms with Crippen molar-refractivity contribution in [3.8, 4) is 22.3 Å². The van der Waals surface area contributed by atoms with E-state index >= 15 is 0 Å². The fraction of sp³-hybridized carbons (Fsp3) is 0.282. The maximum Gasteiger partial charge on any atom is 0.0544 e. The average Bonchev–Trinajstić information content (AvgIpc) is 3.66. The lowest BCUT2D eigenvalue weighted by atomic mass is 9.38. The van der Waals surface area contributed by atoms with Gasteiger partial charge in [0.25, 0.3) is 0 Å². The zero-order valence-electron chi connectivity index (χ0n) is 22.6. The van der Waals surface area contributed by atoms with Crippen molar-refractivity contribution < 1.29 is 0 Å². The first kappa shape index (κ1) is 21.0. The van der Waals surface area contributed by atoms with Gasteiger partial charge in [0.15, 0.2) is 0 Å². The topological polar surface area (TPSA) is 15.8 Å². The number of fused-ring (bicyclic) bond motifs is 14. The quantitative estimate of drug-likeness (QED) is 0.225. The molecule has 4 fully saturated rings. The number of aromatic amines is 1. The molecule has 0 aliphatic heterocycles. The van der Waals surface area contributed by atoms with Gasteiger partial charge in [0.2, 0.25) is 0 Å². The zero-order chi connectivity index (χ0) is 25.8. The van der Waals surface area contributed by atoms with Crippen LogP contribution < -0.4 is 0 Å². The molecule has 2 spiro atoms. The van der Waals surface area contributed by atoms with Gasteiger partial charge in [0, 0.05) is 27.1 Å². The van der Waals surface area contributed by atoms with E-state index in [1.807, 2.05) is 0 Å². The standard InChI is InChI=1S/C39H31N/c1-2-6-27-24(5-1)9-12-29-31-19-26(11-14-34(31)40-37(27)29)25-10-13-33-30(18-25)28-7-3-4-8-32(28)39(33)35-16-22-15-23-17-36(39)38(35,20-22)21-23/h1-14,18-19,22-23,35-36,40H,15-17,20-21H2. The maximum absolute atomic E-state index is 3.73. The predicted octanol–water partition coefficient (Wildman–Crippen LogP) is 9.86. The molecule has 4 saturated carbocycles. The van der Waals surface area contributed by atoms with Crippen LogP contribution in [-0.2, 0) is 5.41 Å². The molecule has 6 aromatic rings. The molecule has 1 N–H and O–H groups in total. The van der Waals surface area contributed by atoms with Crippen molar-refractivity contribution in [1.82, 2.24) is 4.98 Å². The summed E-state index contributed by atoms with van der Waals surface area (Å²) in [6.45, 7) is 0. The lowest BCUT2D eigenvalue weighted by Gasteiger charge is -2.64.